The van der Waals surface area contributed by atoms with E-state index < -0.39 is 0 Å². The molecule has 3 heterocycles. The van der Waals surface area contributed by atoms with Gasteiger partial charge in [-0.1, -0.05) is 36.4 Å². The first kappa shape index (κ1) is 19.4. The van der Waals surface area contributed by atoms with Crippen LogP contribution in [-0.2, 0) is 6.54 Å². The molecule has 4 aromatic rings. The fourth-order valence-corrected chi connectivity index (χ4v) is 4.14. The van der Waals surface area contributed by atoms with Crippen LogP contribution in [0.1, 0.15) is 23.2 Å². The molecule has 8 heteroatoms. The normalized spacial score (nSPS) is 15.8. The average molecular weight is 418 g/mol. The number of tetrazole rings is 1. The molecular weight excluding hydrogens is 395 g/mol. The Morgan fingerprint density at radius 1 is 0.903 bits per heavy atom. The highest BCUT2D eigenvalue weighted by molar-refractivity contribution is 5.46. The van der Waals surface area contributed by atoms with E-state index in [2.05, 4.69) is 37.5 Å². The van der Waals surface area contributed by atoms with Crippen molar-refractivity contribution in [1.29, 1.82) is 0 Å². The Morgan fingerprint density at radius 2 is 1.68 bits per heavy atom. The molecule has 0 aliphatic carbocycles. The van der Waals surface area contributed by atoms with Crippen LogP contribution >= 0.6 is 0 Å². The first-order valence-electron chi connectivity index (χ1n) is 10.4. The fraction of sp³-hybridized carbons (Fsp3) is 0.261. The molecule has 5 rings (SSSR count). The van der Waals surface area contributed by atoms with Crippen LogP contribution < -0.4 is 4.90 Å². The summed E-state index contributed by atoms with van der Waals surface area (Å²) >= 11 is 0. The topological polar surface area (TPSA) is 63.2 Å². The maximum absolute atomic E-state index is 14.9. The SMILES string of the molecule is Fc1ccccc1C(c1nnnn1Cc1ccco1)N1CCN(c2ccccc2)CC1. The maximum atomic E-state index is 14.9. The predicted molar refractivity (Wildman–Crippen MR) is 114 cm³/mol. The van der Waals surface area contributed by atoms with Crippen LogP contribution in [0.15, 0.2) is 77.4 Å². The Kier molecular flexibility index (Phi) is 5.45. The Labute approximate surface area is 179 Å². The summed E-state index contributed by atoms with van der Waals surface area (Å²) in [5.41, 5.74) is 1.78. The summed E-state index contributed by atoms with van der Waals surface area (Å²) in [4.78, 5) is 4.60. The molecule has 0 N–H and O–H groups in total. The fourth-order valence-electron chi connectivity index (χ4n) is 4.14. The lowest BCUT2D eigenvalue weighted by Gasteiger charge is -2.39. The number of hydrogen-bond acceptors (Lipinski definition) is 6. The predicted octanol–water partition coefficient (Wildman–Crippen LogP) is 3.37. The summed E-state index contributed by atoms with van der Waals surface area (Å²) in [5, 5.41) is 12.4. The molecule has 2 aromatic heterocycles. The van der Waals surface area contributed by atoms with Gasteiger partial charge >= 0.3 is 0 Å². The Morgan fingerprint density at radius 3 is 2.42 bits per heavy atom. The van der Waals surface area contributed by atoms with E-state index in [9.17, 15) is 4.39 Å². The molecule has 1 atom stereocenters. The van der Waals surface area contributed by atoms with Gasteiger partial charge in [0.25, 0.3) is 0 Å². The van der Waals surface area contributed by atoms with Gasteiger partial charge in [-0.25, -0.2) is 9.07 Å². The van der Waals surface area contributed by atoms with Crippen LogP contribution in [-0.4, -0.2) is 51.3 Å². The number of furan rings is 1. The van der Waals surface area contributed by atoms with Crippen molar-refractivity contribution in [3.8, 4) is 0 Å². The number of nitrogens with zero attached hydrogens (tertiary/aromatic N) is 6. The van der Waals surface area contributed by atoms with Crippen LogP contribution in [0, 0.1) is 5.82 Å². The van der Waals surface area contributed by atoms with Gasteiger partial charge in [-0.3, -0.25) is 4.90 Å². The lowest BCUT2D eigenvalue weighted by atomic mass is 10.0. The summed E-state index contributed by atoms with van der Waals surface area (Å²) in [5.74, 6) is 1.09. The standard InChI is InChI=1S/C23H23FN6O/c24-21-11-5-4-10-20(21)22(23-25-26-27-30(23)17-19-9-6-16-31-19)29-14-12-28(13-15-29)18-7-2-1-3-8-18/h1-11,16,22H,12-15,17H2. The van der Waals surface area contributed by atoms with Crippen molar-refractivity contribution in [1.82, 2.24) is 25.1 Å². The van der Waals surface area contributed by atoms with Gasteiger partial charge in [-0.2, -0.15) is 0 Å². The van der Waals surface area contributed by atoms with E-state index in [4.69, 9.17) is 4.42 Å². The number of hydrogen-bond donors (Lipinski definition) is 0. The monoisotopic (exact) mass is 418 g/mol. The van der Waals surface area contributed by atoms with Gasteiger partial charge in [0.2, 0.25) is 0 Å². The first-order chi connectivity index (χ1) is 15.3. The lowest BCUT2D eigenvalue weighted by molar-refractivity contribution is 0.197. The van der Waals surface area contributed by atoms with Crippen LogP contribution in [0.4, 0.5) is 10.1 Å². The number of anilines is 1. The van der Waals surface area contributed by atoms with E-state index >= 15 is 0 Å². The van der Waals surface area contributed by atoms with Gasteiger partial charge in [0.15, 0.2) is 5.82 Å². The molecule has 1 unspecified atom stereocenters. The highest BCUT2D eigenvalue weighted by Crippen LogP contribution is 2.31. The third-order valence-corrected chi connectivity index (χ3v) is 5.69. The molecule has 158 valence electrons. The van der Waals surface area contributed by atoms with Crippen molar-refractivity contribution in [3.05, 3.63) is 96.0 Å². The zero-order chi connectivity index (χ0) is 21.0. The second-order valence-electron chi connectivity index (χ2n) is 7.56. The molecule has 1 aliphatic heterocycles. The van der Waals surface area contributed by atoms with E-state index in [0.717, 1.165) is 31.9 Å². The number of piperazine rings is 1. The van der Waals surface area contributed by atoms with Gasteiger partial charge in [0.1, 0.15) is 24.2 Å². The average Bonchev–Trinajstić information content (AvgIpc) is 3.49. The third-order valence-electron chi connectivity index (χ3n) is 5.69. The maximum Gasteiger partial charge on any atom is 0.173 e. The smallest absolute Gasteiger partial charge is 0.173 e. The van der Waals surface area contributed by atoms with E-state index in [0.29, 0.717) is 17.9 Å². The number of benzene rings is 2. The summed E-state index contributed by atoms with van der Waals surface area (Å²) in [6.07, 6.45) is 1.62. The summed E-state index contributed by atoms with van der Waals surface area (Å²) in [7, 11) is 0. The first-order valence-corrected chi connectivity index (χ1v) is 10.4. The lowest BCUT2D eigenvalue weighted by Crippen LogP contribution is -2.48. The summed E-state index contributed by atoms with van der Waals surface area (Å²) < 4.78 is 22.1. The molecule has 0 spiro atoms. The van der Waals surface area contributed by atoms with Crippen molar-refractivity contribution in [2.24, 2.45) is 0 Å². The molecule has 31 heavy (non-hydrogen) atoms. The molecule has 0 saturated carbocycles. The van der Waals surface area contributed by atoms with Crippen molar-refractivity contribution >= 4 is 5.69 Å². The van der Waals surface area contributed by atoms with Crippen molar-refractivity contribution < 1.29 is 8.81 Å². The van der Waals surface area contributed by atoms with Crippen molar-refractivity contribution in [3.63, 3.8) is 0 Å². The summed E-state index contributed by atoms with van der Waals surface area (Å²) in [6.45, 7) is 3.61. The van der Waals surface area contributed by atoms with Crippen LogP contribution in [0.25, 0.3) is 0 Å². The largest absolute Gasteiger partial charge is 0.467 e. The minimum absolute atomic E-state index is 0.259. The van der Waals surface area contributed by atoms with E-state index in [1.165, 1.54) is 11.8 Å². The van der Waals surface area contributed by atoms with Crippen molar-refractivity contribution in [2.75, 3.05) is 31.1 Å². The second kappa shape index (κ2) is 8.69. The van der Waals surface area contributed by atoms with Gasteiger partial charge in [-0.15, -0.1) is 5.10 Å². The minimum Gasteiger partial charge on any atom is -0.467 e. The number of para-hydroxylation sites is 1. The van der Waals surface area contributed by atoms with E-state index in [1.54, 1.807) is 17.0 Å². The number of halogens is 1. The summed E-state index contributed by atoms with van der Waals surface area (Å²) in [6, 6.07) is 20.5. The molecule has 0 bridgehead atoms. The second-order valence-corrected chi connectivity index (χ2v) is 7.56. The van der Waals surface area contributed by atoms with Gasteiger partial charge < -0.3 is 9.32 Å². The molecule has 2 aromatic carbocycles. The highest BCUT2D eigenvalue weighted by Gasteiger charge is 2.32. The molecule has 0 radical (unpaired) electrons. The minimum atomic E-state index is -0.385. The molecular formula is C23H23FN6O. The van der Waals surface area contributed by atoms with E-state index in [-0.39, 0.29) is 11.9 Å². The quantitative estimate of drug-likeness (QED) is 0.479. The van der Waals surface area contributed by atoms with E-state index in [1.807, 2.05) is 42.5 Å². The zero-order valence-electron chi connectivity index (χ0n) is 17.0. The molecule has 7 nitrogen and oxygen atoms in total. The van der Waals surface area contributed by atoms with Gasteiger partial charge in [-0.05, 0) is 40.8 Å². The highest BCUT2D eigenvalue weighted by atomic mass is 19.1. The van der Waals surface area contributed by atoms with Crippen LogP contribution in [0.3, 0.4) is 0 Å². The zero-order valence-corrected chi connectivity index (χ0v) is 17.0. The molecule has 1 aliphatic rings. The van der Waals surface area contributed by atoms with Crippen LogP contribution in [0.2, 0.25) is 0 Å². The Balaban J connectivity index is 1.44. The van der Waals surface area contributed by atoms with Crippen molar-refractivity contribution in [2.45, 2.75) is 12.6 Å². The van der Waals surface area contributed by atoms with Crippen LogP contribution in [0.5, 0.6) is 0 Å². The number of aromatic nitrogens is 4. The third kappa shape index (κ3) is 4.06. The Hall–Kier alpha value is -3.52. The molecule has 0 amide bonds. The Bertz CT molecular complexity index is 1110. The van der Waals surface area contributed by atoms with Gasteiger partial charge in [0, 0.05) is 37.4 Å². The molecule has 1 fully saturated rings. The van der Waals surface area contributed by atoms with Gasteiger partial charge in [0.05, 0.1) is 6.26 Å². The number of rotatable bonds is 6. The molecule has 1 saturated heterocycles.